The molecule has 0 saturated carbocycles. The highest BCUT2D eigenvalue weighted by atomic mass is 15.2. The Morgan fingerprint density at radius 3 is 1.81 bits per heavy atom. The topological polar surface area (TPSA) is 30.7 Å². The second-order valence-corrected chi connectivity index (χ2v) is 4.53. The molecule has 0 amide bonds. The molecule has 0 aliphatic heterocycles. The van der Waals surface area contributed by atoms with Gasteiger partial charge in [-0.15, -0.1) is 10.2 Å². The van der Waals surface area contributed by atoms with Gasteiger partial charge in [0.25, 0.3) is 0 Å². The highest BCUT2D eigenvalue weighted by Gasteiger charge is 1.93. The largest absolute Gasteiger partial charge is 0.320 e. The van der Waals surface area contributed by atoms with Gasteiger partial charge in [-0.25, -0.2) is 0 Å². The van der Waals surface area contributed by atoms with E-state index >= 15 is 0 Å². The van der Waals surface area contributed by atoms with Gasteiger partial charge in [-0.1, -0.05) is 58.3 Å². The van der Waals surface area contributed by atoms with Crippen molar-refractivity contribution in [3.8, 4) is 0 Å². The fraction of sp³-hybridized carbons (Fsp3) is 0.846. The third-order valence-electron chi connectivity index (χ3n) is 2.99. The van der Waals surface area contributed by atoms with Gasteiger partial charge in [-0.3, -0.25) is 0 Å². The predicted molar refractivity (Wildman–Crippen MR) is 67.2 cm³/mol. The van der Waals surface area contributed by atoms with Gasteiger partial charge in [-0.2, -0.15) is 0 Å². The van der Waals surface area contributed by atoms with Crippen molar-refractivity contribution in [2.24, 2.45) is 0 Å². The Morgan fingerprint density at radius 1 is 0.750 bits per heavy atom. The second kappa shape index (κ2) is 9.37. The molecule has 92 valence electrons. The van der Waals surface area contributed by atoms with Gasteiger partial charge in [-0.05, 0) is 6.42 Å². The van der Waals surface area contributed by atoms with Crippen LogP contribution in [-0.2, 0) is 6.54 Å². The number of aryl methyl sites for hydroxylation is 1. The summed E-state index contributed by atoms with van der Waals surface area (Å²) in [6, 6.07) is 0. The normalized spacial score (nSPS) is 10.8. The average molecular weight is 223 g/mol. The maximum atomic E-state index is 3.79. The molecule has 3 heteroatoms. The number of unbranched alkanes of at least 4 members (excludes halogenated alkanes) is 8. The zero-order valence-electron chi connectivity index (χ0n) is 10.6. The summed E-state index contributed by atoms with van der Waals surface area (Å²) in [4.78, 5) is 0. The van der Waals surface area contributed by atoms with Crippen molar-refractivity contribution in [1.82, 2.24) is 14.8 Å². The standard InChI is InChI=1S/C13H25N3/c1-2-3-4-5-6-7-8-9-10-11-16-12-14-15-13-16/h12-13H,2-11H2,1H3. The van der Waals surface area contributed by atoms with E-state index in [0.29, 0.717) is 0 Å². The number of rotatable bonds is 10. The highest BCUT2D eigenvalue weighted by molar-refractivity contribution is 4.59. The Balaban J connectivity index is 1.78. The highest BCUT2D eigenvalue weighted by Crippen LogP contribution is 2.09. The molecule has 16 heavy (non-hydrogen) atoms. The smallest absolute Gasteiger partial charge is 0.119 e. The van der Waals surface area contributed by atoms with Gasteiger partial charge >= 0.3 is 0 Å². The van der Waals surface area contributed by atoms with E-state index < -0.39 is 0 Å². The van der Waals surface area contributed by atoms with E-state index in [0.717, 1.165) is 6.54 Å². The van der Waals surface area contributed by atoms with Crippen molar-refractivity contribution >= 4 is 0 Å². The van der Waals surface area contributed by atoms with Gasteiger partial charge in [0, 0.05) is 6.54 Å². The molecule has 0 spiro atoms. The van der Waals surface area contributed by atoms with Crippen molar-refractivity contribution in [2.45, 2.75) is 71.3 Å². The average Bonchev–Trinajstić information content (AvgIpc) is 2.80. The summed E-state index contributed by atoms with van der Waals surface area (Å²) in [5.74, 6) is 0. The van der Waals surface area contributed by atoms with E-state index in [1.807, 2.05) is 0 Å². The third kappa shape index (κ3) is 6.59. The zero-order valence-corrected chi connectivity index (χ0v) is 10.6. The summed E-state index contributed by atoms with van der Waals surface area (Å²) in [5, 5.41) is 7.58. The molecule has 3 nitrogen and oxygen atoms in total. The van der Waals surface area contributed by atoms with E-state index in [4.69, 9.17) is 0 Å². The Labute approximate surface area is 99.3 Å². The fourth-order valence-electron chi connectivity index (χ4n) is 1.94. The van der Waals surface area contributed by atoms with Gasteiger partial charge in [0.2, 0.25) is 0 Å². The summed E-state index contributed by atoms with van der Waals surface area (Å²) in [6.45, 7) is 3.34. The molecule has 1 rings (SSSR count). The van der Waals surface area contributed by atoms with Crippen molar-refractivity contribution < 1.29 is 0 Å². The predicted octanol–water partition coefficient (Wildman–Crippen LogP) is 3.81. The van der Waals surface area contributed by atoms with Crippen LogP contribution in [-0.4, -0.2) is 14.8 Å². The van der Waals surface area contributed by atoms with Gasteiger partial charge in [0.05, 0.1) is 0 Å². The lowest BCUT2D eigenvalue weighted by Crippen LogP contribution is -1.94. The Hall–Kier alpha value is -0.860. The van der Waals surface area contributed by atoms with Crippen LogP contribution in [0.3, 0.4) is 0 Å². The van der Waals surface area contributed by atoms with E-state index in [2.05, 4.69) is 21.7 Å². The van der Waals surface area contributed by atoms with Crippen LogP contribution in [0.5, 0.6) is 0 Å². The molecule has 0 aliphatic rings. The van der Waals surface area contributed by atoms with E-state index in [9.17, 15) is 0 Å². The van der Waals surface area contributed by atoms with Crippen LogP contribution in [0.25, 0.3) is 0 Å². The molecular formula is C13H25N3. The molecule has 1 heterocycles. The minimum atomic E-state index is 1.07. The number of nitrogens with zero attached hydrogens (tertiary/aromatic N) is 3. The van der Waals surface area contributed by atoms with E-state index in [-0.39, 0.29) is 0 Å². The van der Waals surface area contributed by atoms with Gasteiger partial charge < -0.3 is 4.57 Å². The maximum absolute atomic E-state index is 3.79. The van der Waals surface area contributed by atoms with Crippen LogP contribution < -0.4 is 0 Å². The molecule has 1 aromatic rings. The van der Waals surface area contributed by atoms with Crippen molar-refractivity contribution in [3.05, 3.63) is 12.7 Å². The quantitative estimate of drug-likeness (QED) is 0.565. The molecule has 0 saturated heterocycles. The monoisotopic (exact) mass is 223 g/mol. The Kier molecular flexibility index (Phi) is 7.74. The Bertz CT molecular complexity index is 231. The van der Waals surface area contributed by atoms with Crippen molar-refractivity contribution in [3.63, 3.8) is 0 Å². The maximum Gasteiger partial charge on any atom is 0.119 e. The Morgan fingerprint density at radius 2 is 1.25 bits per heavy atom. The van der Waals surface area contributed by atoms with Gasteiger partial charge in [0.1, 0.15) is 12.7 Å². The minimum absolute atomic E-state index is 1.07. The van der Waals surface area contributed by atoms with Crippen LogP contribution in [0.15, 0.2) is 12.7 Å². The van der Waals surface area contributed by atoms with Crippen LogP contribution in [0, 0.1) is 0 Å². The van der Waals surface area contributed by atoms with Crippen LogP contribution in [0.4, 0.5) is 0 Å². The number of aromatic nitrogens is 3. The molecule has 0 aliphatic carbocycles. The lowest BCUT2D eigenvalue weighted by atomic mass is 10.1. The molecule has 0 unspecified atom stereocenters. The van der Waals surface area contributed by atoms with E-state index in [1.165, 1.54) is 57.8 Å². The summed E-state index contributed by atoms with van der Waals surface area (Å²) in [7, 11) is 0. The minimum Gasteiger partial charge on any atom is -0.320 e. The van der Waals surface area contributed by atoms with Crippen molar-refractivity contribution in [2.75, 3.05) is 0 Å². The first-order valence-corrected chi connectivity index (χ1v) is 6.76. The molecule has 0 bridgehead atoms. The molecule has 0 fully saturated rings. The summed E-state index contributed by atoms with van der Waals surface area (Å²) >= 11 is 0. The number of hydrogen-bond donors (Lipinski definition) is 0. The number of hydrogen-bond acceptors (Lipinski definition) is 2. The molecular weight excluding hydrogens is 198 g/mol. The first-order chi connectivity index (χ1) is 7.93. The lowest BCUT2D eigenvalue weighted by molar-refractivity contribution is 0.538. The summed E-state index contributed by atoms with van der Waals surface area (Å²) in [6.07, 6.45) is 16.0. The molecule has 1 aromatic heterocycles. The van der Waals surface area contributed by atoms with Crippen LogP contribution in [0.2, 0.25) is 0 Å². The zero-order chi connectivity index (χ0) is 11.5. The fourth-order valence-corrected chi connectivity index (χ4v) is 1.94. The molecule has 0 radical (unpaired) electrons. The van der Waals surface area contributed by atoms with Crippen molar-refractivity contribution in [1.29, 1.82) is 0 Å². The second-order valence-electron chi connectivity index (χ2n) is 4.53. The van der Waals surface area contributed by atoms with Crippen LogP contribution in [0.1, 0.15) is 64.7 Å². The van der Waals surface area contributed by atoms with Crippen LogP contribution >= 0.6 is 0 Å². The van der Waals surface area contributed by atoms with Gasteiger partial charge in [0.15, 0.2) is 0 Å². The lowest BCUT2D eigenvalue weighted by Gasteiger charge is -2.02. The summed E-state index contributed by atoms with van der Waals surface area (Å²) < 4.78 is 2.06. The first-order valence-electron chi connectivity index (χ1n) is 6.76. The molecule has 0 aromatic carbocycles. The SMILES string of the molecule is CCCCCCCCCCCn1cnnc1. The summed E-state index contributed by atoms with van der Waals surface area (Å²) in [5.41, 5.74) is 0. The molecule has 0 atom stereocenters. The third-order valence-corrected chi connectivity index (χ3v) is 2.99. The first kappa shape index (κ1) is 13.2. The molecule has 0 N–H and O–H groups in total. The van der Waals surface area contributed by atoms with E-state index in [1.54, 1.807) is 12.7 Å².